The molecule has 2 rings (SSSR count). The first-order valence-electron chi connectivity index (χ1n) is 5.63. The Labute approximate surface area is 84.8 Å². The highest BCUT2D eigenvalue weighted by atomic mass is 16.3. The van der Waals surface area contributed by atoms with E-state index in [1.165, 1.54) is 0 Å². The Bertz CT molecular complexity index is 211. The van der Waals surface area contributed by atoms with Gasteiger partial charge in [0.2, 0.25) is 0 Å². The molecule has 0 aromatic rings. The summed E-state index contributed by atoms with van der Waals surface area (Å²) in [7, 11) is 0. The van der Waals surface area contributed by atoms with Gasteiger partial charge < -0.3 is 15.3 Å². The third-order valence-corrected chi connectivity index (χ3v) is 4.13. The monoisotopic (exact) mass is 200 g/mol. The molecule has 0 aromatic heterocycles. The van der Waals surface area contributed by atoms with Gasteiger partial charge in [0.25, 0.3) is 0 Å². The van der Waals surface area contributed by atoms with Gasteiger partial charge in [0, 0.05) is 5.92 Å². The van der Waals surface area contributed by atoms with Crippen LogP contribution < -0.4 is 0 Å². The minimum Gasteiger partial charge on any atom is -0.390 e. The van der Waals surface area contributed by atoms with Gasteiger partial charge >= 0.3 is 0 Å². The molecule has 0 heterocycles. The first kappa shape index (κ1) is 10.4. The van der Waals surface area contributed by atoms with Crippen molar-refractivity contribution in [2.45, 2.75) is 56.8 Å². The fourth-order valence-corrected chi connectivity index (χ4v) is 3.15. The molecule has 4 unspecified atom stereocenters. The Morgan fingerprint density at radius 1 is 1.07 bits per heavy atom. The topological polar surface area (TPSA) is 60.7 Å². The molecule has 3 heteroatoms. The van der Waals surface area contributed by atoms with Crippen LogP contribution in [0.15, 0.2) is 0 Å². The molecule has 0 aliphatic heterocycles. The maximum Gasteiger partial charge on any atom is 0.0857 e. The summed E-state index contributed by atoms with van der Waals surface area (Å²) in [6.45, 7) is 1.94. The highest BCUT2D eigenvalue weighted by Crippen LogP contribution is 2.45. The van der Waals surface area contributed by atoms with Crippen LogP contribution in [0.25, 0.3) is 0 Å². The zero-order valence-electron chi connectivity index (χ0n) is 8.69. The molecule has 3 N–H and O–H groups in total. The summed E-state index contributed by atoms with van der Waals surface area (Å²) < 4.78 is 0. The van der Waals surface area contributed by atoms with E-state index < -0.39 is 17.8 Å². The van der Waals surface area contributed by atoms with E-state index in [4.69, 9.17) is 0 Å². The van der Waals surface area contributed by atoms with Crippen molar-refractivity contribution >= 4 is 0 Å². The molecule has 2 aliphatic rings. The number of aliphatic hydroxyl groups excluding tert-OH is 2. The van der Waals surface area contributed by atoms with Gasteiger partial charge in [-0.05, 0) is 25.2 Å². The zero-order chi connectivity index (χ0) is 10.3. The van der Waals surface area contributed by atoms with Crippen molar-refractivity contribution in [3.8, 4) is 0 Å². The maximum atomic E-state index is 10.3. The Balaban J connectivity index is 2.11. The highest BCUT2D eigenvalue weighted by Gasteiger charge is 2.50. The van der Waals surface area contributed by atoms with Crippen molar-refractivity contribution in [1.29, 1.82) is 0 Å². The summed E-state index contributed by atoms with van der Waals surface area (Å²) in [5.41, 5.74) is -0.703. The molecule has 0 aromatic carbocycles. The van der Waals surface area contributed by atoms with Gasteiger partial charge in [0.15, 0.2) is 0 Å². The minimum atomic E-state index is -0.729. The van der Waals surface area contributed by atoms with E-state index in [-0.39, 0.29) is 11.8 Å². The second kappa shape index (κ2) is 3.47. The maximum absolute atomic E-state index is 10.3. The van der Waals surface area contributed by atoms with E-state index in [2.05, 4.69) is 0 Å². The summed E-state index contributed by atoms with van der Waals surface area (Å²) in [4.78, 5) is 0. The Morgan fingerprint density at radius 3 is 2.07 bits per heavy atom. The highest BCUT2D eigenvalue weighted by molar-refractivity contribution is 5.01. The van der Waals surface area contributed by atoms with E-state index in [0.29, 0.717) is 0 Å². The van der Waals surface area contributed by atoms with Crippen LogP contribution in [0.4, 0.5) is 0 Å². The van der Waals surface area contributed by atoms with Gasteiger partial charge in [0.05, 0.1) is 17.8 Å². The molecule has 3 nitrogen and oxygen atoms in total. The van der Waals surface area contributed by atoms with Gasteiger partial charge in [-0.25, -0.2) is 0 Å². The number of rotatable bonds is 1. The Kier molecular flexibility index (Phi) is 2.58. The molecule has 0 spiro atoms. The van der Waals surface area contributed by atoms with Gasteiger partial charge in [-0.1, -0.05) is 19.8 Å². The first-order valence-corrected chi connectivity index (χ1v) is 5.63. The summed E-state index contributed by atoms with van der Waals surface area (Å²) in [5.74, 6) is -0.00498. The zero-order valence-corrected chi connectivity index (χ0v) is 8.69. The molecular formula is C11H20O3. The summed E-state index contributed by atoms with van der Waals surface area (Å²) in [5, 5.41) is 29.8. The quantitative estimate of drug-likeness (QED) is 0.583. The predicted octanol–water partition coefficient (Wildman–Crippen LogP) is 0.669. The normalized spacial score (nSPS) is 47.1. The second-order valence-electron chi connectivity index (χ2n) is 5.11. The van der Waals surface area contributed by atoms with Crippen LogP contribution in [-0.4, -0.2) is 33.1 Å². The molecular weight excluding hydrogens is 180 g/mol. The van der Waals surface area contributed by atoms with Crippen molar-refractivity contribution in [1.82, 2.24) is 0 Å². The number of hydrogen-bond donors (Lipinski definition) is 3. The van der Waals surface area contributed by atoms with E-state index >= 15 is 0 Å². The molecule has 0 saturated heterocycles. The average molecular weight is 200 g/mol. The average Bonchev–Trinajstić information content (AvgIpc) is 2.67. The smallest absolute Gasteiger partial charge is 0.0857 e. The first-order chi connectivity index (χ1) is 6.54. The molecule has 2 aliphatic carbocycles. The summed E-state index contributed by atoms with van der Waals surface area (Å²) in [6.07, 6.45) is 3.04. The van der Waals surface area contributed by atoms with Gasteiger partial charge in [0.1, 0.15) is 0 Å². The fraction of sp³-hybridized carbons (Fsp3) is 1.00. The molecule has 2 fully saturated rings. The fourth-order valence-electron chi connectivity index (χ4n) is 3.15. The van der Waals surface area contributed by atoms with Crippen molar-refractivity contribution in [3.63, 3.8) is 0 Å². The van der Waals surface area contributed by atoms with Crippen LogP contribution in [0.1, 0.15) is 39.0 Å². The van der Waals surface area contributed by atoms with Crippen LogP contribution in [0.2, 0.25) is 0 Å². The van der Waals surface area contributed by atoms with E-state index in [9.17, 15) is 15.3 Å². The lowest BCUT2D eigenvalue weighted by Crippen LogP contribution is -2.42. The SMILES string of the molecule is CC1CC(C2(O)CCCC2)C(O)C1O. The third kappa shape index (κ3) is 1.47. The molecule has 0 bridgehead atoms. The van der Waals surface area contributed by atoms with Crippen molar-refractivity contribution in [2.24, 2.45) is 11.8 Å². The molecule has 4 atom stereocenters. The molecule has 2 saturated carbocycles. The van der Waals surface area contributed by atoms with Crippen molar-refractivity contribution < 1.29 is 15.3 Å². The number of hydrogen-bond acceptors (Lipinski definition) is 3. The Hall–Kier alpha value is -0.120. The van der Waals surface area contributed by atoms with E-state index in [1.807, 2.05) is 6.92 Å². The second-order valence-corrected chi connectivity index (χ2v) is 5.11. The lowest BCUT2D eigenvalue weighted by molar-refractivity contribution is -0.0772. The number of aliphatic hydroxyl groups is 3. The molecule has 0 radical (unpaired) electrons. The van der Waals surface area contributed by atoms with E-state index in [0.717, 1.165) is 32.1 Å². The minimum absolute atomic E-state index is 0.111. The van der Waals surface area contributed by atoms with Crippen LogP contribution in [-0.2, 0) is 0 Å². The molecule has 82 valence electrons. The molecule has 14 heavy (non-hydrogen) atoms. The van der Waals surface area contributed by atoms with Crippen molar-refractivity contribution in [2.75, 3.05) is 0 Å². The largest absolute Gasteiger partial charge is 0.390 e. The summed E-state index contributed by atoms with van der Waals surface area (Å²) in [6, 6.07) is 0. The lowest BCUT2D eigenvalue weighted by Gasteiger charge is -2.32. The Morgan fingerprint density at radius 2 is 1.64 bits per heavy atom. The van der Waals surface area contributed by atoms with Crippen molar-refractivity contribution in [3.05, 3.63) is 0 Å². The van der Waals surface area contributed by atoms with E-state index in [1.54, 1.807) is 0 Å². The molecule has 0 amide bonds. The summed E-state index contributed by atoms with van der Waals surface area (Å²) >= 11 is 0. The van der Waals surface area contributed by atoms with Gasteiger partial charge in [-0.15, -0.1) is 0 Å². The predicted molar refractivity (Wildman–Crippen MR) is 52.7 cm³/mol. The standard InChI is InChI=1S/C11H20O3/c1-7-6-8(10(13)9(7)12)11(14)4-2-3-5-11/h7-10,12-14H,2-6H2,1H3. The lowest BCUT2D eigenvalue weighted by atomic mass is 9.83. The van der Waals surface area contributed by atoms with Gasteiger partial charge in [-0.3, -0.25) is 0 Å². The van der Waals surface area contributed by atoms with Crippen LogP contribution in [0.3, 0.4) is 0 Å². The van der Waals surface area contributed by atoms with Crippen LogP contribution in [0, 0.1) is 11.8 Å². The van der Waals surface area contributed by atoms with Crippen LogP contribution >= 0.6 is 0 Å². The van der Waals surface area contributed by atoms with Crippen LogP contribution in [0.5, 0.6) is 0 Å². The van der Waals surface area contributed by atoms with Gasteiger partial charge in [-0.2, -0.15) is 0 Å². The third-order valence-electron chi connectivity index (χ3n) is 4.13.